The van der Waals surface area contributed by atoms with Gasteiger partial charge in [-0.15, -0.1) is 22.9 Å². The summed E-state index contributed by atoms with van der Waals surface area (Å²) in [5.74, 6) is 0.630. The predicted octanol–water partition coefficient (Wildman–Crippen LogP) is 2.85. The Morgan fingerprint density at radius 1 is 1.69 bits per heavy atom. The lowest BCUT2D eigenvalue weighted by Crippen LogP contribution is -2.28. The molecule has 1 aromatic rings. The van der Waals surface area contributed by atoms with E-state index in [9.17, 15) is 4.79 Å². The van der Waals surface area contributed by atoms with Crippen LogP contribution in [0.1, 0.15) is 23.0 Å². The molecule has 5 heteroatoms. The molecule has 90 valence electrons. The van der Waals surface area contributed by atoms with E-state index in [0.717, 1.165) is 6.42 Å². The molecular weight excluding hydrogens is 246 g/mol. The van der Waals surface area contributed by atoms with Crippen LogP contribution in [0.25, 0.3) is 0 Å². The summed E-state index contributed by atoms with van der Waals surface area (Å²) in [6, 6.07) is 1.80. The standard InChI is InChI=1S/C11H16ClNO2S/c1-8(12)4-6-13(2)11(14)10-9(15-3)5-7-16-10/h5,7-8H,4,6H2,1-3H3. The fraction of sp³-hybridized carbons (Fsp3) is 0.545. The van der Waals surface area contributed by atoms with E-state index in [1.54, 1.807) is 25.1 Å². The van der Waals surface area contributed by atoms with Crippen LogP contribution in [0.2, 0.25) is 0 Å². The Hall–Kier alpha value is -0.740. The maximum Gasteiger partial charge on any atom is 0.267 e. The van der Waals surface area contributed by atoms with E-state index >= 15 is 0 Å². The molecule has 0 aliphatic carbocycles. The zero-order valence-electron chi connectivity index (χ0n) is 9.70. The molecule has 0 radical (unpaired) electrons. The van der Waals surface area contributed by atoms with E-state index in [1.807, 2.05) is 12.3 Å². The van der Waals surface area contributed by atoms with Crippen LogP contribution in [-0.4, -0.2) is 36.9 Å². The highest BCUT2D eigenvalue weighted by molar-refractivity contribution is 7.12. The second-order valence-corrected chi connectivity index (χ2v) is 5.28. The number of ether oxygens (including phenoxy) is 1. The third-order valence-electron chi connectivity index (χ3n) is 2.25. The highest BCUT2D eigenvalue weighted by atomic mass is 35.5. The monoisotopic (exact) mass is 261 g/mol. The lowest BCUT2D eigenvalue weighted by atomic mass is 10.3. The Kier molecular flexibility index (Phi) is 5.09. The number of amides is 1. The number of hydrogen-bond acceptors (Lipinski definition) is 3. The highest BCUT2D eigenvalue weighted by Gasteiger charge is 2.18. The molecule has 0 aliphatic heterocycles. The summed E-state index contributed by atoms with van der Waals surface area (Å²) in [5.41, 5.74) is 0. The van der Waals surface area contributed by atoms with Gasteiger partial charge in [-0.25, -0.2) is 0 Å². The van der Waals surface area contributed by atoms with Crippen molar-refractivity contribution in [3.8, 4) is 5.75 Å². The molecule has 1 aromatic heterocycles. The van der Waals surface area contributed by atoms with Gasteiger partial charge in [-0.05, 0) is 24.8 Å². The van der Waals surface area contributed by atoms with Gasteiger partial charge in [0.2, 0.25) is 0 Å². The molecular formula is C11H16ClNO2S. The molecule has 0 bridgehead atoms. The van der Waals surface area contributed by atoms with E-state index in [-0.39, 0.29) is 11.3 Å². The molecule has 1 unspecified atom stereocenters. The van der Waals surface area contributed by atoms with Crippen molar-refractivity contribution in [1.82, 2.24) is 4.90 Å². The number of carbonyl (C=O) groups is 1. The lowest BCUT2D eigenvalue weighted by Gasteiger charge is -2.17. The van der Waals surface area contributed by atoms with Gasteiger partial charge in [-0.3, -0.25) is 4.79 Å². The highest BCUT2D eigenvalue weighted by Crippen LogP contribution is 2.25. The maximum atomic E-state index is 12.0. The topological polar surface area (TPSA) is 29.5 Å². The predicted molar refractivity (Wildman–Crippen MR) is 67.8 cm³/mol. The minimum Gasteiger partial charge on any atom is -0.495 e. The lowest BCUT2D eigenvalue weighted by molar-refractivity contribution is 0.0795. The Balaban J connectivity index is 2.63. The number of thiophene rings is 1. The molecule has 0 aromatic carbocycles. The van der Waals surface area contributed by atoms with Gasteiger partial charge in [0, 0.05) is 19.0 Å². The second-order valence-electron chi connectivity index (χ2n) is 3.61. The van der Waals surface area contributed by atoms with E-state index in [4.69, 9.17) is 16.3 Å². The first-order valence-corrected chi connectivity index (χ1v) is 6.39. The van der Waals surface area contributed by atoms with Crippen LogP contribution in [-0.2, 0) is 0 Å². The number of rotatable bonds is 5. The fourth-order valence-corrected chi connectivity index (χ4v) is 2.21. The van der Waals surface area contributed by atoms with Crippen molar-refractivity contribution in [2.45, 2.75) is 18.7 Å². The SMILES string of the molecule is COc1ccsc1C(=O)N(C)CCC(C)Cl. The van der Waals surface area contributed by atoms with Crippen LogP contribution in [0.15, 0.2) is 11.4 Å². The number of carbonyl (C=O) groups excluding carboxylic acids is 1. The number of nitrogens with zero attached hydrogens (tertiary/aromatic N) is 1. The van der Waals surface area contributed by atoms with Crippen molar-refractivity contribution in [1.29, 1.82) is 0 Å². The first-order chi connectivity index (χ1) is 7.56. The average molecular weight is 262 g/mol. The van der Waals surface area contributed by atoms with Gasteiger partial charge in [0.05, 0.1) is 7.11 Å². The van der Waals surface area contributed by atoms with Crippen molar-refractivity contribution in [2.75, 3.05) is 20.7 Å². The van der Waals surface area contributed by atoms with E-state index in [0.29, 0.717) is 17.2 Å². The van der Waals surface area contributed by atoms with Gasteiger partial charge in [0.1, 0.15) is 10.6 Å². The van der Waals surface area contributed by atoms with Crippen LogP contribution >= 0.6 is 22.9 Å². The molecule has 0 aliphatic rings. The normalized spacial score (nSPS) is 12.2. The molecule has 16 heavy (non-hydrogen) atoms. The van der Waals surface area contributed by atoms with Crippen LogP contribution in [0.3, 0.4) is 0 Å². The van der Waals surface area contributed by atoms with Gasteiger partial charge in [0.15, 0.2) is 0 Å². The van der Waals surface area contributed by atoms with E-state index in [1.165, 1.54) is 11.3 Å². The molecule has 3 nitrogen and oxygen atoms in total. The van der Waals surface area contributed by atoms with Crippen molar-refractivity contribution >= 4 is 28.8 Å². The summed E-state index contributed by atoms with van der Waals surface area (Å²) in [6.45, 7) is 2.58. The summed E-state index contributed by atoms with van der Waals surface area (Å²) in [5, 5.41) is 1.94. The molecule has 1 rings (SSSR count). The van der Waals surface area contributed by atoms with Gasteiger partial charge in [0.25, 0.3) is 5.91 Å². The smallest absolute Gasteiger partial charge is 0.267 e. The Morgan fingerprint density at radius 3 is 2.94 bits per heavy atom. The first-order valence-electron chi connectivity index (χ1n) is 5.07. The van der Waals surface area contributed by atoms with Gasteiger partial charge < -0.3 is 9.64 Å². The second kappa shape index (κ2) is 6.11. The summed E-state index contributed by atoms with van der Waals surface area (Å²) < 4.78 is 5.12. The fourth-order valence-electron chi connectivity index (χ4n) is 1.26. The maximum absolute atomic E-state index is 12.0. The van der Waals surface area contributed by atoms with Gasteiger partial charge >= 0.3 is 0 Å². The third kappa shape index (κ3) is 3.39. The average Bonchev–Trinajstić information content (AvgIpc) is 2.72. The van der Waals surface area contributed by atoms with Crippen molar-refractivity contribution in [3.63, 3.8) is 0 Å². The van der Waals surface area contributed by atoms with Gasteiger partial charge in [-0.2, -0.15) is 0 Å². The zero-order valence-corrected chi connectivity index (χ0v) is 11.3. The summed E-state index contributed by atoms with van der Waals surface area (Å²) in [4.78, 5) is 14.3. The molecule has 0 spiro atoms. The molecule has 0 saturated heterocycles. The first kappa shape index (κ1) is 13.3. The molecule has 1 amide bonds. The molecule has 0 fully saturated rings. The Labute approximate surface area is 105 Å². The minimum absolute atomic E-state index is 0.0100. The minimum atomic E-state index is -0.0100. The third-order valence-corrected chi connectivity index (χ3v) is 3.35. The zero-order chi connectivity index (χ0) is 12.1. The quantitative estimate of drug-likeness (QED) is 0.763. The molecule has 1 atom stereocenters. The Bertz CT molecular complexity index is 352. The van der Waals surface area contributed by atoms with Gasteiger partial charge in [-0.1, -0.05) is 0 Å². The van der Waals surface area contributed by atoms with Crippen LogP contribution < -0.4 is 4.74 Å². The van der Waals surface area contributed by atoms with Crippen LogP contribution in [0, 0.1) is 0 Å². The molecule has 0 N–H and O–H groups in total. The summed E-state index contributed by atoms with van der Waals surface area (Å²) in [7, 11) is 3.35. The van der Waals surface area contributed by atoms with Crippen molar-refractivity contribution < 1.29 is 9.53 Å². The van der Waals surface area contributed by atoms with Crippen molar-refractivity contribution in [3.05, 3.63) is 16.3 Å². The summed E-state index contributed by atoms with van der Waals surface area (Å²) in [6.07, 6.45) is 0.789. The number of methoxy groups -OCH3 is 1. The van der Waals surface area contributed by atoms with E-state index < -0.39 is 0 Å². The van der Waals surface area contributed by atoms with E-state index in [2.05, 4.69) is 0 Å². The largest absolute Gasteiger partial charge is 0.495 e. The van der Waals surface area contributed by atoms with Crippen LogP contribution in [0.5, 0.6) is 5.75 Å². The summed E-state index contributed by atoms with van der Waals surface area (Å²) >= 11 is 7.25. The number of alkyl halides is 1. The Morgan fingerprint density at radius 2 is 2.38 bits per heavy atom. The van der Waals surface area contributed by atoms with Crippen LogP contribution in [0.4, 0.5) is 0 Å². The molecule has 1 heterocycles. The van der Waals surface area contributed by atoms with Crippen molar-refractivity contribution in [2.24, 2.45) is 0 Å². The molecule has 0 saturated carbocycles. The number of hydrogen-bond donors (Lipinski definition) is 0. The number of halogens is 1.